The normalized spacial score (nSPS) is 11.9. The number of aromatic nitrogens is 2. The Kier molecular flexibility index (Phi) is 7.29. The van der Waals surface area contributed by atoms with Crippen LogP contribution in [0.3, 0.4) is 0 Å². The van der Waals surface area contributed by atoms with E-state index in [1.165, 1.54) is 18.4 Å². The molecule has 7 heteroatoms. The predicted molar refractivity (Wildman–Crippen MR) is 138 cm³/mol. The lowest BCUT2D eigenvalue weighted by Crippen LogP contribution is -2.27. The number of hydrogen-bond acceptors (Lipinski definition) is 6. The molecule has 0 aliphatic carbocycles. The van der Waals surface area contributed by atoms with E-state index in [4.69, 9.17) is 14.1 Å². The van der Waals surface area contributed by atoms with E-state index >= 15 is 0 Å². The average Bonchev–Trinajstić information content (AvgIpc) is 3.33. The highest BCUT2D eigenvalue weighted by Crippen LogP contribution is 2.25. The SMILES string of the molecule is Cc1cccc(-c2cnc(N/C(=C\c3ccco3)C(=O)OC(C)(C)C)c(Cc3ccc(F)cc3)n2)c1. The molecule has 0 spiro atoms. The second kappa shape index (κ2) is 10.6. The van der Waals surface area contributed by atoms with Crippen molar-refractivity contribution in [2.75, 3.05) is 5.32 Å². The lowest BCUT2D eigenvalue weighted by molar-refractivity contribution is -0.149. The highest BCUT2D eigenvalue weighted by Gasteiger charge is 2.22. The topological polar surface area (TPSA) is 77.2 Å². The number of furan rings is 1. The van der Waals surface area contributed by atoms with Gasteiger partial charge in [-0.1, -0.05) is 35.9 Å². The first-order valence-electron chi connectivity index (χ1n) is 11.6. The van der Waals surface area contributed by atoms with Crippen LogP contribution in [-0.4, -0.2) is 21.5 Å². The summed E-state index contributed by atoms with van der Waals surface area (Å²) in [5.41, 5.74) is 3.61. The van der Waals surface area contributed by atoms with Gasteiger partial charge >= 0.3 is 5.97 Å². The summed E-state index contributed by atoms with van der Waals surface area (Å²) in [7, 11) is 0. The van der Waals surface area contributed by atoms with Crippen molar-refractivity contribution in [2.45, 2.75) is 39.7 Å². The number of hydrogen-bond donors (Lipinski definition) is 1. The third kappa shape index (κ3) is 6.66. The summed E-state index contributed by atoms with van der Waals surface area (Å²) in [5.74, 6) is -0.00587. The molecule has 6 nitrogen and oxygen atoms in total. The largest absolute Gasteiger partial charge is 0.465 e. The maximum Gasteiger partial charge on any atom is 0.355 e. The zero-order valence-electron chi connectivity index (χ0n) is 20.7. The molecule has 0 saturated carbocycles. The molecule has 0 aliphatic heterocycles. The molecule has 0 saturated heterocycles. The van der Waals surface area contributed by atoms with Crippen LogP contribution in [0.2, 0.25) is 0 Å². The van der Waals surface area contributed by atoms with Crippen molar-refractivity contribution in [3.05, 3.63) is 107 Å². The molecule has 184 valence electrons. The molecule has 0 amide bonds. The summed E-state index contributed by atoms with van der Waals surface area (Å²) in [6.07, 6.45) is 5.11. The molecular weight excluding hydrogens is 457 g/mol. The lowest BCUT2D eigenvalue weighted by atomic mass is 10.1. The number of nitrogens with one attached hydrogen (secondary N) is 1. The Morgan fingerprint density at radius 3 is 2.56 bits per heavy atom. The second-order valence-electron chi connectivity index (χ2n) is 9.42. The monoisotopic (exact) mass is 485 g/mol. The number of aryl methyl sites for hydroxylation is 1. The molecule has 1 N–H and O–H groups in total. The van der Waals surface area contributed by atoms with Gasteiger partial charge in [0, 0.05) is 18.1 Å². The van der Waals surface area contributed by atoms with Gasteiger partial charge < -0.3 is 14.5 Å². The first-order chi connectivity index (χ1) is 17.2. The Morgan fingerprint density at radius 1 is 1.11 bits per heavy atom. The smallest absolute Gasteiger partial charge is 0.355 e. The van der Waals surface area contributed by atoms with Crippen molar-refractivity contribution in [3.63, 3.8) is 0 Å². The van der Waals surface area contributed by atoms with Crippen LogP contribution in [0.15, 0.2) is 83.2 Å². The molecule has 4 rings (SSSR count). The Balaban J connectivity index is 1.75. The van der Waals surface area contributed by atoms with Gasteiger partial charge in [-0.2, -0.15) is 0 Å². The standard InChI is InChI=1S/C29H28FN3O3/c1-19-7-5-8-21(15-19)26-18-31-27(24(32-26)16-20-10-12-22(30)13-11-20)33-25(17-23-9-6-14-35-23)28(34)36-29(2,3)4/h5-15,17-18H,16H2,1-4H3,(H,31,33)/b25-17-. The van der Waals surface area contributed by atoms with E-state index in [1.54, 1.807) is 57.3 Å². The summed E-state index contributed by atoms with van der Waals surface area (Å²) < 4.78 is 24.5. The maximum atomic E-state index is 13.5. The molecular formula is C29H28FN3O3. The van der Waals surface area contributed by atoms with Crippen LogP contribution in [0.1, 0.15) is 43.4 Å². The number of halogens is 1. The Morgan fingerprint density at radius 2 is 1.89 bits per heavy atom. The van der Waals surface area contributed by atoms with Crippen molar-refractivity contribution in [3.8, 4) is 11.3 Å². The van der Waals surface area contributed by atoms with Crippen LogP contribution < -0.4 is 5.32 Å². The van der Waals surface area contributed by atoms with Gasteiger partial charge in [0.05, 0.1) is 23.8 Å². The highest BCUT2D eigenvalue weighted by molar-refractivity contribution is 5.96. The fraction of sp³-hybridized carbons (Fsp3) is 0.207. The number of esters is 1. The van der Waals surface area contributed by atoms with Crippen molar-refractivity contribution in [1.29, 1.82) is 0 Å². The first kappa shape index (κ1) is 24.9. The molecule has 2 aromatic carbocycles. The molecule has 2 heterocycles. The van der Waals surface area contributed by atoms with Gasteiger partial charge in [0.2, 0.25) is 0 Å². The van der Waals surface area contributed by atoms with Gasteiger partial charge in [-0.15, -0.1) is 0 Å². The van der Waals surface area contributed by atoms with Crippen LogP contribution in [0, 0.1) is 12.7 Å². The molecule has 0 atom stereocenters. The number of carbonyl (C=O) groups excluding carboxylic acids is 1. The van der Waals surface area contributed by atoms with E-state index in [0.29, 0.717) is 29.4 Å². The summed E-state index contributed by atoms with van der Waals surface area (Å²) >= 11 is 0. The molecule has 0 bridgehead atoms. The fourth-order valence-electron chi connectivity index (χ4n) is 3.52. The first-order valence-corrected chi connectivity index (χ1v) is 11.6. The van der Waals surface area contributed by atoms with E-state index in [1.807, 2.05) is 31.2 Å². The van der Waals surface area contributed by atoms with Gasteiger partial charge in [0.25, 0.3) is 0 Å². The van der Waals surface area contributed by atoms with Crippen LogP contribution in [0.5, 0.6) is 0 Å². The summed E-state index contributed by atoms with van der Waals surface area (Å²) in [6, 6.07) is 17.7. The molecule has 2 aromatic heterocycles. The molecule has 0 aliphatic rings. The van der Waals surface area contributed by atoms with E-state index in [-0.39, 0.29) is 11.5 Å². The molecule has 4 aromatic rings. The Hall–Kier alpha value is -4.26. The molecule has 36 heavy (non-hydrogen) atoms. The molecule has 0 unspecified atom stereocenters. The molecule has 0 radical (unpaired) electrons. The second-order valence-corrected chi connectivity index (χ2v) is 9.42. The molecule has 0 fully saturated rings. The lowest BCUT2D eigenvalue weighted by Gasteiger charge is -2.21. The number of carbonyl (C=O) groups is 1. The number of rotatable bonds is 7. The van der Waals surface area contributed by atoms with Gasteiger partial charge in [0.1, 0.15) is 22.9 Å². The fourth-order valence-corrected chi connectivity index (χ4v) is 3.52. The van der Waals surface area contributed by atoms with Gasteiger partial charge in [-0.3, -0.25) is 0 Å². The van der Waals surface area contributed by atoms with Gasteiger partial charge in [-0.25, -0.2) is 19.2 Å². The van der Waals surface area contributed by atoms with Crippen LogP contribution in [-0.2, 0) is 16.0 Å². The van der Waals surface area contributed by atoms with Gasteiger partial charge in [-0.05, 0) is 63.6 Å². The Labute approximate surface area is 209 Å². The Bertz CT molecular complexity index is 1370. The van der Waals surface area contributed by atoms with Crippen molar-refractivity contribution >= 4 is 17.9 Å². The third-order valence-electron chi connectivity index (χ3n) is 5.15. The summed E-state index contributed by atoms with van der Waals surface area (Å²) in [4.78, 5) is 22.5. The van der Waals surface area contributed by atoms with Crippen molar-refractivity contribution in [1.82, 2.24) is 9.97 Å². The minimum absolute atomic E-state index is 0.151. The summed E-state index contributed by atoms with van der Waals surface area (Å²) in [5, 5.41) is 3.11. The summed E-state index contributed by atoms with van der Waals surface area (Å²) in [6.45, 7) is 7.41. The zero-order chi connectivity index (χ0) is 25.7. The van der Waals surface area contributed by atoms with Crippen LogP contribution in [0.25, 0.3) is 17.3 Å². The quantitative estimate of drug-likeness (QED) is 0.236. The average molecular weight is 486 g/mol. The highest BCUT2D eigenvalue weighted by atomic mass is 19.1. The zero-order valence-corrected chi connectivity index (χ0v) is 20.7. The van der Waals surface area contributed by atoms with E-state index in [9.17, 15) is 9.18 Å². The van der Waals surface area contributed by atoms with Crippen LogP contribution in [0.4, 0.5) is 10.2 Å². The van der Waals surface area contributed by atoms with E-state index in [0.717, 1.165) is 16.7 Å². The van der Waals surface area contributed by atoms with Crippen molar-refractivity contribution < 1.29 is 18.3 Å². The maximum absolute atomic E-state index is 13.5. The number of benzene rings is 2. The minimum atomic E-state index is -0.696. The van der Waals surface area contributed by atoms with Crippen LogP contribution >= 0.6 is 0 Å². The van der Waals surface area contributed by atoms with Crippen molar-refractivity contribution in [2.24, 2.45) is 0 Å². The van der Waals surface area contributed by atoms with E-state index < -0.39 is 11.6 Å². The minimum Gasteiger partial charge on any atom is -0.465 e. The van der Waals surface area contributed by atoms with E-state index in [2.05, 4.69) is 10.3 Å². The number of ether oxygens (including phenoxy) is 1. The predicted octanol–water partition coefficient (Wildman–Crippen LogP) is 6.57. The number of anilines is 1. The third-order valence-corrected chi connectivity index (χ3v) is 5.15. The van der Waals surface area contributed by atoms with Gasteiger partial charge in [0.15, 0.2) is 5.82 Å². The number of nitrogens with zero attached hydrogens (tertiary/aromatic N) is 2.